The zero-order chi connectivity index (χ0) is 14.3. The molecule has 0 fully saturated rings. The Balaban J connectivity index is 2.03. The van der Waals surface area contributed by atoms with Gasteiger partial charge in [0.25, 0.3) is 0 Å². The highest BCUT2D eigenvalue weighted by atomic mass is 16.1. The van der Waals surface area contributed by atoms with Crippen LogP contribution in [0.2, 0.25) is 0 Å². The van der Waals surface area contributed by atoms with Gasteiger partial charge in [-0.2, -0.15) is 0 Å². The van der Waals surface area contributed by atoms with Crippen molar-refractivity contribution in [3.8, 4) is 11.1 Å². The first-order chi connectivity index (χ1) is 9.45. The summed E-state index contributed by atoms with van der Waals surface area (Å²) in [6.45, 7) is 6.67. The number of Topliss-reactive ketones (excluding diaryl/α,β-unsaturated/α-hetero) is 1. The third-order valence-corrected chi connectivity index (χ3v) is 4.10. The number of fused-ring (bicyclic) bond motifs is 1. The normalized spacial score (nSPS) is 14.4. The van der Waals surface area contributed by atoms with Gasteiger partial charge in [0.05, 0.1) is 0 Å². The number of rotatable bonds is 1. The van der Waals surface area contributed by atoms with Gasteiger partial charge < -0.3 is 0 Å². The SMILES string of the molecule is CC(C)(C)c1ccc(-c2cccc3c2CC(=O)C3)cc1. The molecule has 0 unspecified atom stereocenters. The molecule has 0 saturated heterocycles. The fourth-order valence-corrected chi connectivity index (χ4v) is 2.90. The van der Waals surface area contributed by atoms with Crippen LogP contribution in [0.4, 0.5) is 0 Å². The molecule has 0 spiro atoms. The minimum atomic E-state index is 0.174. The van der Waals surface area contributed by atoms with Crippen LogP contribution in [-0.2, 0) is 23.1 Å². The lowest BCUT2D eigenvalue weighted by Crippen LogP contribution is -2.10. The van der Waals surface area contributed by atoms with Crippen LogP contribution in [-0.4, -0.2) is 5.78 Å². The van der Waals surface area contributed by atoms with Crippen LogP contribution >= 0.6 is 0 Å². The molecule has 1 nitrogen and oxygen atoms in total. The first-order valence-electron chi connectivity index (χ1n) is 7.18. The van der Waals surface area contributed by atoms with Gasteiger partial charge in [-0.05, 0) is 33.2 Å². The Hall–Kier alpha value is -1.89. The maximum atomic E-state index is 11.7. The molecule has 1 aliphatic carbocycles. The topological polar surface area (TPSA) is 17.1 Å². The Morgan fingerprint density at radius 3 is 2.25 bits per heavy atom. The maximum Gasteiger partial charge on any atom is 0.141 e. The van der Waals surface area contributed by atoms with Gasteiger partial charge in [0, 0.05) is 12.8 Å². The molecule has 1 heteroatoms. The van der Waals surface area contributed by atoms with Crippen molar-refractivity contribution in [1.82, 2.24) is 0 Å². The predicted molar refractivity (Wildman–Crippen MR) is 83.0 cm³/mol. The van der Waals surface area contributed by atoms with E-state index in [-0.39, 0.29) is 5.41 Å². The molecule has 0 bridgehead atoms. The second-order valence-corrected chi connectivity index (χ2v) is 6.66. The van der Waals surface area contributed by atoms with Crippen LogP contribution in [0.15, 0.2) is 42.5 Å². The lowest BCUT2D eigenvalue weighted by Gasteiger charge is -2.19. The Kier molecular flexibility index (Phi) is 3.01. The first kappa shape index (κ1) is 13.1. The summed E-state index contributed by atoms with van der Waals surface area (Å²) < 4.78 is 0. The number of carbonyl (C=O) groups excluding carboxylic acids is 1. The molecular weight excluding hydrogens is 244 g/mol. The summed E-state index contributed by atoms with van der Waals surface area (Å²) in [6.07, 6.45) is 1.19. The van der Waals surface area contributed by atoms with E-state index < -0.39 is 0 Å². The fourth-order valence-electron chi connectivity index (χ4n) is 2.90. The summed E-state index contributed by atoms with van der Waals surface area (Å²) in [7, 11) is 0. The van der Waals surface area contributed by atoms with Gasteiger partial charge in [0.2, 0.25) is 0 Å². The highest BCUT2D eigenvalue weighted by molar-refractivity contribution is 5.91. The van der Waals surface area contributed by atoms with E-state index in [4.69, 9.17) is 0 Å². The number of hydrogen-bond donors (Lipinski definition) is 0. The number of hydrogen-bond acceptors (Lipinski definition) is 1. The summed E-state index contributed by atoms with van der Waals surface area (Å²) in [5.74, 6) is 0.332. The zero-order valence-electron chi connectivity index (χ0n) is 12.4. The molecule has 3 rings (SSSR count). The molecule has 0 saturated carbocycles. The largest absolute Gasteiger partial charge is 0.299 e. The lowest BCUT2D eigenvalue weighted by molar-refractivity contribution is -0.117. The first-order valence-corrected chi connectivity index (χ1v) is 7.18. The van der Waals surface area contributed by atoms with Crippen molar-refractivity contribution in [3.63, 3.8) is 0 Å². The van der Waals surface area contributed by atoms with Crippen LogP contribution < -0.4 is 0 Å². The molecule has 0 atom stereocenters. The van der Waals surface area contributed by atoms with Crippen molar-refractivity contribution in [3.05, 3.63) is 59.2 Å². The quantitative estimate of drug-likeness (QED) is 0.749. The van der Waals surface area contributed by atoms with Gasteiger partial charge in [-0.3, -0.25) is 4.79 Å². The van der Waals surface area contributed by atoms with Crippen molar-refractivity contribution < 1.29 is 4.79 Å². The van der Waals surface area contributed by atoms with Crippen LogP contribution in [0.5, 0.6) is 0 Å². The molecule has 0 aliphatic heterocycles. The Morgan fingerprint density at radius 2 is 1.60 bits per heavy atom. The monoisotopic (exact) mass is 264 g/mol. The van der Waals surface area contributed by atoms with Crippen LogP contribution in [0.3, 0.4) is 0 Å². The number of ketones is 1. The molecule has 2 aromatic rings. The number of carbonyl (C=O) groups is 1. The summed E-state index contributed by atoms with van der Waals surface area (Å²) in [6, 6.07) is 15.0. The molecule has 0 aromatic heterocycles. The smallest absolute Gasteiger partial charge is 0.141 e. The minimum absolute atomic E-state index is 0.174. The molecule has 102 valence electrons. The van der Waals surface area contributed by atoms with E-state index in [9.17, 15) is 4.79 Å². The standard InChI is InChI=1S/C19H20O/c1-19(2,3)15-9-7-13(8-10-15)17-6-4-5-14-11-16(20)12-18(14)17/h4-10H,11-12H2,1-3H3. The molecule has 0 amide bonds. The van der Waals surface area contributed by atoms with E-state index in [1.807, 2.05) is 0 Å². The highest BCUT2D eigenvalue weighted by Gasteiger charge is 2.21. The van der Waals surface area contributed by atoms with E-state index in [1.54, 1.807) is 0 Å². The van der Waals surface area contributed by atoms with Gasteiger partial charge in [0.1, 0.15) is 5.78 Å². The van der Waals surface area contributed by atoms with Crippen molar-refractivity contribution in [2.75, 3.05) is 0 Å². The molecular formula is C19H20O. The third kappa shape index (κ3) is 2.29. The minimum Gasteiger partial charge on any atom is -0.299 e. The van der Waals surface area contributed by atoms with E-state index in [2.05, 4.69) is 63.2 Å². The molecule has 0 heterocycles. The number of benzene rings is 2. The molecule has 0 N–H and O–H groups in total. The molecule has 2 aromatic carbocycles. The zero-order valence-corrected chi connectivity index (χ0v) is 12.4. The highest BCUT2D eigenvalue weighted by Crippen LogP contribution is 2.32. The Bertz CT molecular complexity index is 657. The molecule has 20 heavy (non-hydrogen) atoms. The summed E-state index contributed by atoms with van der Waals surface area (Å²) in [5, 5.41) is 0. The Morgan fingerprint density at radius 1 is 0.900 bits per heavy atom. The van der Waals surface area contributed by atoms with E-state index in [0.29, 0.717) is 18.6 Å². The van der Waals surface area contributed by atoms with E-state index >= 15 is 0 Å². The Labute approximate surface area is 120 Å². The second kappa shape index (κ2) is 4.59. The molecule has 1 aliphatic rings. The average molecular weight is 264 g/mol. The summed E-state index contributed by atoms with van der Waals surface area (Å²) >= 11 is 0. The van der Waals surface area contributed by atoms with E-state index in [0.717, 1.165) is 0 Å². The maximum absolute atomic E-state index is 11.7. The van der Waals surface area contributed by atoms with Crippen molar-refractivity contribution >= 4 is 5.78 Å². The second-order valence-electron chi connectivity index (χ2n) is 6.66. The van der Waals surface area contributed by atoms with Gasteiger partial charge in [-0.15, -0.1) is 0 Å². The summed E-state index contributed by atoms with van der Waals surface area (Å²) in [5.41, 5.74) is 6.37. The van der Waals surface area contributed by atoms with Gasteiger partial charge in [0.15, 0.2) is 0 Å². The van der Waals surface area contributed by atoms with Crippen molar-refractivity contribution in [1.29, 1.82) is 0 Å². The van der Waals surface area contributed by atoms with Crippen LogP contribution in [0.25, 0.3) is 11.1 Å². The third-order valence-electron chi connectivity index (χ3n) is 4.10. The fraction of sp³-hybridized carbons (Fsp3) is 0.316. The van der Waals surface area contributed by atoms with Crippen LogP contribution in [0, 0.1) is 0 Å². The van der Waals surface area contributed by atoms with Crippen molar-refractivity contribution in [2.24, 2.45) is 0 Å². The van der Waals surface area contributed by atoms with Crippen LogP contribution in [0.1, 0.15) is 37.5 Å². The van der Waals surface area contributed by atoms with E-state index in [1.165, 1.54) is 27.8 Å². The van der Waals surface area contributed by atoms with Crippen molar-refractivity contribution in [2.45, 2.75) is 39.0 Å². The predicted octanol–water partition coefficient (Wildman–Crippen LogP) is 4.32. The average Bonchev–Trinajstić information content (AvgIpc) is 2.78. The van der Waals surface area contributed by atoms with Gasteiger partial charge >= 0.3 is 0 Å². The van der Waals surface area contributed by atoms with Gasteiger partial charge in [-0.1, -0.05) is 63.2 Å². The van der Waals surface area contributed by atoms with Gasteiger partial charge in [-0.25, -0.2) is 0 Å². The lowest BCUT2D eigenvalue weighted by atomic mass is 9.86. The molecule has 0 radical (unpaired) electrons. The summed E-state index contributed by atoms with van der Waals surface area (Å²) in [4.78, 5) is 11.7.